The smallest absolute Gasteiger partial charge is 0.138 e. The maximum absolute atomic E-state index is 5.46. The third kappa shape index (κ3) is 3.81. The Balaban J connectivity index is 1.35. The van der Waals surface area contributed by atoms with E-state index in [1.165, 1.54) is 61.3 Å². The second kappa shape index (κ2) is 10.4. The summed E-state index contributed by atoms with van der Waals surface area (Å²) in [6.45, 7) is 0. The number of fused-ring (bicyclic) bond motifs is 12. The SMILES string of the molecule is CN(C)c1ccc2c(c1)-c1ccccc1C21c2ccccc2-c2c1c1ccccc1n2-c1cc(-c2ccccc2)cc(-c2ccccc2)n1. The second-order valence-corrected chi connectivity index (χ2v) is 13.4. The second-order valence-electron chi connectivity index (χ2n) is 13.4. The van der Waals surface area contributed by atoms with E-state index in [4.69, 9.17) is 4.98 Å². The molecule has 2 aliphatic rings. The highest BCUT2D eigenvalue weighted by Gasteiger charge is 2.54. The van der Waals surface area contributed by atoms with Crippen molar-refractivity contribution in [1.82, 2.24) is 9.55 Å². The Hall–Kier alpha value is -6.19. The monoisotopic (exact) mass is 627 g/mol. The molecule has 49 heavy (non-hydrogen) atoms. The Morgan fingerprint density at radius 1 is 0.510 bits per heavy atom. The summed E-state index contributed by atoms with van der Waals surface area (Å²) in [4.78, 5) is 7.66. The summed E-state index contributed by atoms with van der Waals surface area (Å²) in [7, 11) is 4.24. The first-order valence-electron chi connectivity index (χ1n) is 16.9. The topological polar surface area (TPSA) is 21.1 Å². The van der Waals surface area contributed by atoms with Gasteiger partial charge in [-0.3, -0.25) is 4.57 Å². The molecule has 232 valence electrons. The largest absolute Gasteiger partial charge is 0.378 e. The number of anilines is 1. The normalized spacial score (nSPS) is 15.2. The van der Waals surface area contributed by atoms with Crippen molar-refractivity contribution in [3.8, 4) is 50.6 Å². The summed E-state index contributed by atoms with van der Waals surface area (Å²) in [5, 5.41) is 1.25. The van der Waals surface area contributed by atoms with Crippen LogP contribution in [-0.4, -0.2) is 23.6 Å². The number of pyridine rings is 1. The lowest BCUT2D eigenvalue weighted by molar-refractivity contribution is 0.801. The van der Waals surface area contributed by atoms with Gasteiger partial charge in [-0.15, -0.1) is 0 Å². The van der Waals surface area contributed by atoms with Crippen LogP contribution in [0.4, 0.5) is 5.69 Å². The molecule has 1 atom stereocenters. The van der Waals surface area contributed by atoms with Gasteiger partial charge in [-0.2, -0.15) is 0 Å². The molecule has 10 rings (SSSR count). The zero-order chi connectivity index (χ0) is 32.7. The fourth-order valence-electron chi connectivity index (χ4n) is 8.56. The van der Waals surface area contributed by atoms with Crippen molar-refractivity contribution in [1.29, 1.82) is 0 Å². The highest BCUT2D eigenvalue weighted by molar-refractivity contribution is 6.05. The predicted molar refractivity (Wildman–Crippen MR) is 203 cm³/mol. The molecule has 0 amide bonds. The number of para-hydroxylation sites is 1. The van der Waals surface area contributed by atoms with E-state index in [0.29, 0.717) is 0 Å². The van der Waals surface area contributed by atoms with E-state index in [9.17, 15) is 0 Å². The maximum Gasteiger partial charge on any atom is 0.138 e. The molecule has 1 unspecified atom stereocenters. The number of hydrogen-bond donors (Lipinski definition) is 0. The Labute approximate surface area is 286 Å². The van der Waals surface area contributed by atoms with Crippen LogP contribution in [0.5, 0.6) is 0 Å². The van der Waals surface area contributed by atoms with Crippen molar-refractivity contribution < 1.29 is 0 Å². The summed E-state index contributed by atoms with van der Waals surface area (Å²) in [5.41, 5.74) is 16.7. The van der Waals surface area contributed by atoms with Gasteiger partial charge in [0.2, 0.25) is 0 Å². The van der Waals surface area contributed by atoms with Gasteiger partial charge in [0.05, 0.1) is 22.3 Å². The summed E-state index contributed by atoms with van der Waals surface area (Å²) in [5.74, 6) is 0.916. The standard InChI is InChI=1S/C46H33N3/c1-48(2)33-25-26-40-37(29-33)34-19-9-12-22-38(34)46(40)39-23-13-10-20-35(39)45-44(46)36-21-11-14-24-42(36)49(45)43-28-32(30-15-5-3-6-16-30)27-41(47-43)31-17-7-4-8-18-31/h3-29H,1-2H3. The van der Waals surface area contributed by atoms with E-state index < -0.39 is 5.41 Å². The van der Waals surface area contributed by atoms with E-state index in [1.807, 2.05) is 0 Å². The number of aromatic nitrogens is 2. The van der Waals surface area contributed by atoms with Gasteiger partial charge in [-0.05, 0) is 69.3 Å². The Morgan fingerprint density at radius 3 is 1.88 bits per heavy atom. The lowest BCUT2D eigenvalue weighted by atomic mass is 9.70. The van der Waals surface area contributed by atoms with Crippen LogP contribution in [0, 0.1) is 0 Å². The van der Waals surface area contributed by atoms with Gasteiger partial charge in [-0.1, -0.05) is 133 Å². The van der Waals surface area contributed by atoms with Crippen molar-refractivity contribution in [2.24, 2.45) is 0 Å². The molecule has 2 heterocycles. The molecular formula is C46H33N3. The minimum atomic E-state index is -0.465. The van der Waals surface area contributed by atoms with Crippen molar-refractivity contribution >= 4 is 16.6 Å². The van der Waals surface area contributed by atoms with Crippen LogP contribution in [0.15, 0.2) is 164 Å². The van der Waals surface area contributed by atoms with E-state index in [0.717, 1.165) is 28.2 Å². The van der Waals surface area contributed by atoms with E-state index in [2.05, 4.69) is 187 Å². The minimum absolute atomic E-state index is 0.465. The van der Waals surface area contributed by atoms with Crippen LogP contribution < -0.4 is 4.90 Å². The zero-order valence-electron chi connectivity index (χ0n) is 27.4. The molecule has 8 aromatic rings. The molecule has 0 aliphatic heterocycles. The lowest BCUT2D eigenvalue weighted by Crippen LogP contribution is -2.25. The van der Waals surface area contributed by atoms with Gasteiger partial charge in [0.1, 0.15) is 5.82 Å². The third-order valence-corrected chi connectivity index (χ3v) is 10.6. The molecule has 1 spiro atoms. The molecule has 6 aromatic carbocycles. The maximum atomic E-state index is 5.46. The first-order chi connectivity index (χ1) is 24.1. The number of benzene rings is 6. The average Bonchev–Trinajstić information content (AvgIpc) is 3.77. The van der Waals surface area contributed by atoms with Crippen molar-refractivity contribution in [3.05, 3.63) is 186 Å². The molecule has 0 saturated carbocycles. The molecule has 2 aromatic heterocycles. The molecule has 0 fully saturated rings. The molecule has 3 nitrogen and oxygen atoms in total. The van der Waals surface area contributed by atoms with Gasteiger partial charge >= 0.3 is 0 Å². The van der Waals surface area contributed by atoms with Gasteiger partial charge < -0.3 is 4.90 Å². The summed E-state index contributed by atoms with van der Waals surface area (Å²) >= 11 is 0. The molecule has 0 saturated heterocycles. The summed E-state index contributed by atoms with van der Waals surface area (Å²) in [6, 6.07) is 59.7. The van der Waals surface area contributed by atoms with E-state index in [1.54, 1.807) is 0 Å². The highest BCUT2D eigenvalue weighted by atomic mass is 15.1. The zero-order valence-corrected chi connectivity index (χ0v) is 27.4. The van der Waals surface area contributed by atoms with Crippen LogP contribution in [0.2, 0.25) is 0 Å². The molecular weight excluding hydrogens is 595 g/mol. The van der Waals surface area contributed by atoms with Gasteiger partial charge in [-0.25, -0.2) is 4.98 Å². The fourth-order valence-corrected chi connectivity index (χ4v) is 8.56. The van der Waals surface area contributed by atoms with Gasteiger partial charge in [0, 0.05) is 41.9 Å². The summed E-state index contributed by atoms with van der Waals surface area (Å²) < 4.78 is 2.44. The van der Waals surface area contributed by atoms with Gasteiger partial charge in [0.25, 0.3) is 0 Å². The quantitative estimate of drug-likeness (QED) is 0.194. The number of nitrogens with zero attached hydrogens (tertiary/aromatic N) is 3. The lowest BCUT2D eigenvalue weighted by Gasteiger charge is -2.30. The highest BCUT2D eigenvalue weighted by Crippen LogP contribution is 2.65. The van der Waals surface area contributed by atoms with Crippen molar-refractivity contribution in [2.75, 3.05) is 19.0 Å². The molecule has 2 aliphatic carbocycles. The van der Waals surface area contributed by atoms with E-state index >= 15 is 0 Å². The first-order valence-corrected chi connectivity index (χ1v) is 16.9. The van der Waals surface area contributed by atoms with Crippen LogP contribution in [-0.2, 0) is 5.41 Å². The Morgan fingerprint density at radius 2 is 1.12 bits per heavy atom. The number of rotatable bonds is 4. The Kier molecular flexibility index (Phi) is 5.92. The minimum Gasteiger partial charge on any atom is -0.378 e. The first kappa shape index (κ1) is 27.9. The van der Waals surface area contributed by atoms with Gasteiger partial charge in [0.15, 0.2) is 0 Å². The van der Waals surface area contributed by atoms with Crippen LogP contribution >= 0.6 is 0 Å². The van der Waals surface area contributed by atoms with Crippen molar-refractivity contribution in [2.45, 2.75) is 5.41 Å². The Bertz CT molecular complexity index is 2520. The van der Waals surface area contributed by atoms with E-state index in [-0.39, 0.29) is 0 Å². The number of hydrogen-bond acceptors (Lipinski definition) is 2. The molecule has 3 heteroatoms. The van der Waals surface area contributed by atoms with Crippen molar-refractivity contribution in [3.63, 3.8) is 0 Å². The molecule has 0 N–H and O–H groups in total. The average molecular weight is 628 g/mol. The molecule has 0 bridgehead atoms. The fraction of sp³-hybridized carbons (Fsp3) is 0.0652. The predicted octanol–water partition coefficient (Wildman–Crippen LogP) is 10.8. The molecule has 0 radical (unpaired) electrons. The van der Waals surface area contributed by atoms with Crippen LogP contribution in [0.25, 0.3) is 61.5 Å². The summed E-state index contributed by atoms with van der Waals surface area (Å²) in [6.07, 6.45) is 0. The van der Waals surface area contributed by atoms with Crippen LogP contribution in [0.1, 0.15) is 22.3 Å². The van der Waals surface area contributed by atoms with Crippen LogP contribution in [0.3, 0.4) is 0 Å². The third-order valence-electron chi connectivity index (χ3n) is 10.6.